The molecule has 0 rings (SSSR count). The molecule has 2 amide bonds. The average molecular weight is 257 g/mol. The maximum atomic E-state index is 11.7. The molecule has 0 saturated carbocycles. The molecule has 0 aromatic heterocycles. The van der Waals surface area contributed by atoms with Gasteiger partial charge in [0.2, 0.25) is 0 Å². The zero-order valence-electron chi connectivity index (χ0n) is 8.56. The molecule has 4 nitrogen and oxygen atoms in total. The number of amides is 2. The minimum atomic E-state index is -4.39. The first-order valence-electron chi connectivity index (χ1n) is 4.68. The van der Waals surface area contributed by atoms with Crippen LogP contribution in [0.4, 0.5) is 18.0 Å². The SMILES string of the molecule is NC(=S)CCCCNC(=O)NCC(F)(F)F. The van der Waals surface area contributed by atoms with Gasteiger partial charge >= 0.3 is 12.2 Å². The summed E-state index contributed by atoms with van der Waals surface area (Å²) in [5, 5.41) is 3.99. The lowest BCUT2D eigenvalue weighted by Gasteiger charge is -2.09. The molecule has 0 aliphatic carbocycles. The molecule has 0 unspecified atom stereocenters. The number of carbonyl (C=O) groups is 1. The normalized spacial score (nSPS) is 10.9. The Kier molecular flexibility index (Phi) is 6.78. The summed E-state index contributed by atoms with van der Waals surface area (Å²) in [5.74, 6) is 0. The largest absolute Gasteiger partial charge is 0.405 e. The lowest BCUT2D eigenvalue weighted by molar-refractivity contribution is -0.122. The molecule has 0 aliphatic heterocycles. The van der Waals surface area contributed by atoms with Crippen LogP contribution in [0.5, 0.6) is 0 Å². The van der Waals surface area contributed by atoms with Gasteiger partial charge in [0.15, 0.2) is 0 Å². The van der Waals surface area contributed by atoms with Gasteiger partial charge in [-0.1, -0.05) is 12.2 Å². The number of unbranched alkanes of at least 4 members (excludes halogenated alkanes) is 1. The Morgan fingerprint density at radius 2 is 1.88 bits per heavy atom. The first-order valence-corrected chi connectivity index (χ1v) is 5.09. The molecule has 16 heavy (non-hydrogen) atoms. The molecular formula is C8H14F3N3OS. The van der Waals surface area contributed by atoms with E-state index in [4.69, 9.17) is 5.73 Å². The van der Waals surface area contributed by atoms with Crippen molar-refractivity contribution >= 4 is 23.2 Å². The summed E-state index contributed by atoms with van der Waals surface area (Å²) in [4.78, 5) is 11.2. The Bertz CT molecular complexity index is 245. The van der Waals surface area contributed by atoms with Crippen LogP contribution in [0.1, 0.15) is 19.3 Å². The summed E-state index contributed by atoms with van der Waals surface area (Å²) in [7, 11) is 0. The molecule has 0 atom stereocenters. The van der Waals surface area contributed by atoms with Crippen LogP contribution in [-0.2, 0) is 0 Å². The number of carbonyl (C=O) groups excluding carboxylic acids is 1. The predicted octanol–water partition coefficient (Wildman–Crippen LogP) is 1.30. The van der Waals surface area contributed by atoms with E-state index in [9.17, 15) is 18.0 Å². The third kappa shape index (κ3) is 11.0. The van der Waals surface area contributed by atoms with Crippen LogP contribution < -0.4 is 16.4 Å². The summed E-state index contributed by atoms with van der Waals surface area (Å²) in [6.07, 6.45) is -2.49. The third-order valence-corrected chi connectivity index (χ3v) is 1.79. The molecule has 0 radical (unpaired) electrons. The van der Waals surface area contributed by atoms with E-state index in [0.717, 1.165) is 0 Å². The number of halogens is 3. The number of alkyl halides is 3. The van der Waals surface area contributed by atoms with Crippen molar-refractivity contribution in [2.45, 2.75) is 25.4 Å². The maximum Gasteiger partial charge on any atom is 0.405 e. The Morgan fingerprint density at radius 3 is 2.38 bits per heavy atom. The highest BCUT2D eigenvalue weighted by molar-refractivity contribution is 7.80. The summed E-state index contributed by atoms with van der Waals surface area (Å²) in [6.45, 7) is -1.03. The van der Waals surface area contributed by atoms with Crippen molar-refractivity contribution in [1.82, 2.24) is 10.6 Å². The van der Waals surface area contributed by atoms with E-state index in [1.54, 1.807) is 5.32 Å². The zero-order chi connectivity index (χ0) is 12.6. The van der Waals surface area contributed by atoms with Crippen LogP contribution in [0.2, 0.25) is 0 Å². The third-order valence-electron chi connectivity index (χ3n) is 1.58. The summed E-state index contributed by atoms with van der Waals surface area (Å²) < 4.78 is 35.0. The summed E-state index contributed by atoms with van der Waals surface area (Å²) >= 11 is 4.63. The predicted molar refractivity (Wildman–Crippen MR) is 58.1 cm³/mol. The van der Waals surface area contributed by atoms with Gasteiger partial charge in [0.05, 0.1) is 4.99 Å². The Balaban J connectivity index is 3.41. The molecule has 94 valence electrons. The second-order valence-electron chi connectivity index (χ2n) is 3.15. The number of hydrogen-bond acceptors (Lipinski definition) is 2. The van der Waals surface area contributed by atoms with E-state index in [2.05, 4.69) is 17.5 Å². The Morgan fingerprint density at radius 1 is 1.25 bits per heavy atom. The van der Waals surface area contributed by atoms with Crippen LogP contribution in [0.25, 0.3) is 0 Å². The van der Waals surface area contributed by atoms with Gasteiger partial charge in [-0.25, -0.2) is 4.79 Å². The number of urea groups is 1. The molecule has 0 fully saturated rings. The number of hydrogen-bond donors (Lipinski definition) is 3. The fourth-order valence-corrected chi connectivity index (χ4v) is 1.01. The Hall–Kier alpha value is -1.05. The van der Waals surface area contributed by atoms with Gasteiger partial charge in [-0.15, -0.1) is 0 Å². The standard InChI is InChI=1S/C8H14F3N3OS/c9-8(10,11)5-14-7(15)13-4-2-1-3-6(12)16/h1-5H2,(H2,12,16)(H2,13,14,15). The molecule has 8 heteroatoms. The maximum absolute atomic E-state index is 11.7. The van der Waals surface area contributed by atoms with Gasteiger partial charge < -0.3 is 16.4 Å². The van der Waals surface area contributed by atoms with Gasteiger partial charge in [-0.05, 0) is 19.3 Å². The van der Waals surface area contributed by atoms with Crippen molar-refractivity contribution in [3.8, 4) is 0 Å². The smallest absolute Gasteiger partial charge is 0.393 e. The first-order chi connectivity index (χ1) is 7.31. The second kappa shape index (κ2) is 7.26. The molecule has 0 saturated heterocycles. The van der Waals surface area contributed by atoms with Gasteiger partial charge in [-0.2, -0.15) is 13.2 Å². The second-order valence-corrected chi connectivity index (χ2v) is 3.67. The van der Waals surface area contributed by atoms with Crippen LogP contribution in [0.15, 0.2) is 0 Å². The van der Waals surface area contributed by atoms with E-state index in [-0.39, 0.29) is 0 Å². The fraction of sp³-hybridized carbons (Fsp3) is 0.750. The molecule has 0 spiro atoms. The lowest BCUT2D eigenvalue weighted by atomic mass is 10.2. The first kappa shape index (κ1) is 14.9. The summed E-state index contributed by atoms with van der Waals surface area (Å²) in [6, 6.07) is -0.826. The van der Waals surface area contributed by atoms with E-state index >= 15 is 0 Å². The molecule has 0 aromatic carbocycles. The van der Waals surface area contributed by atoms with Crippen molar-refractivity contribution in [1.29, 1.82) is 0 Å². The minimum absolute atomic E-state index is 0.298. The topological polar surface area (TPSA) is 67.1 Å². The fourth-order valence-electron chi connectivity index (χ4n) is 0.869. The highest BCUT2D eigenvalue weighted by Crippen LogP contribution is 2.11. The van der Waals surface area contributed by atoms with Gasteiger partial charge in [-0.3, -0.25) is 0 Å². The molecule has 0 heterocycles. The van der Waals surface area contributed by atoms with E-state index < -0.39 is 18.8 Å². The molecule has 0 aromatic rings. The monoisotopic (exact) mass is 257 g/mol. The van der Waals surface area contributed by atoms with Crippen LogP contribution in [0, 0.1) is 0 Å². The lowest BCUT2D eigenvalue weighted by Crippen LogP contribution is -2.41. The molecule has 4 N–H and O–H groups in total. The van der Waals surface area contributed by atoms with Crippen LogP contribution >= 0.6 is 12.2 Å². The quantitative estimate of drug-likeness (QED) is 0.496. The van der Waals surface area contributed by atoms with E-state index in [0.29, 0.717) is 30.8 Å². The molecular weight excluding hydrogens is 243 g/mol. The number of nitrogens with two attached hydrogens (primary N) is 1. The number of thiocarbonyl (C=S) groups is 1. The number of nitrogens with one attached hydrogen (secondary N) is 2. The van der Waals surface area contributed by atoms with Crippen LogP contribution in [0.3, 0.4) is 0 Å². The molecule has 0 aliphatic rings. The Labute approximate surface area is 96.8 Å². The van der Waals surface area contributed by atoms with E-state index in [1.165, 1.54) is 0 Å². The van der Waals surface area contributed by atoms with E-state index in [1.807, 2.05) is 0 Å². The highest BCUT2D eigenvalue weighted by Gasteiger charge is 2.27. The zero-order valence-corrected chi connectivity index (χ0v) is 9.38. The van der Waals surface area contributed by atoms with Gasteiger partial charge in [0.1, 0.15) is 6.54 Å². The van der Waals surface area contributed by atoms with Crippen LogP contribution in [-0.4, -0.2) is 30.3 Å². The highest BCUT2D eigenvalue weighted by atomic mass is 32.1. The average Bonchev–Trinajstić information content (AvgIpc) is 2.12. The van der Waals surface area contributed by atoms with Crippen molar-refractivity contribution in [3.63, 3.8) is 0 Å². The van der Waals surface area contributed by atoms with Gasteiger partial charge in [0, 0.05) is 6.54 Å². The van der Waals surface area contributed by atoms with Crippen molar-refractivity contribution in [2.75, 3.05) is 13.1 Å². The van der Waals surface area contributed by atoms with Crippen molar-refractivity contribution in [2.24, 2.45) is 5.73 Å². The number of rotatable bonds is 6. The van der Waals surface area contributed by atoms with Crippen molar-refractivity contribution in [3.05, 3.63) is 0 Å². The minimum Gasteiger partial charge on any atom is -0.393 e. The summed E-state index contributed by atoms with van der Waals surface area (Å²) in [5.41, 5.74) is 5.24. The van der Waals surface area contributed by atoms with Gasteiger partial charge in [0.25, 0.3) is 0 Å². The molecule has 0 bridgehead atoms. The van der Waals surface area contributed by atoms with Crippen molar-refractivity contribution < 1.29 is 18.0 Å².